The van der Waals surface area contributed by atoms with E-state index in [9.17, 15) is 4.79 Å². The lowest BCUT2D eigenvalue weighted by molar-refractivity contribution is 0.0697. The first-order valence-corrected chi connectivity index (χ1v) is 6.08. The van der Waals surface area contributed by atoms with Gasteiger partial charge in [-0.3, -0.25) is 0 Å². The summed E-state index contributed by atoms with van der Waals surface area (Å²) in [7, 11) is 0. The van der Waals surface area contributed by atoms with Gasteiger partial charge in [0.25, 0.3) is 0 Å². The van der Waals surface area contributed by atoms with E-state index < -0.39 is 5.97 Å². The molecule has 1 aromatic carbocycles. The lowest BCUT2D eigenvalue weighted by Crippen LogP contribution is -2.02. The molecule has 1 unspecified atom stereocenters. The molecule has 0 fully saturated rings. The Bertz CT molecular complexity index is 296. The second-order valence-corrected chi connectivity index (χ2v) is 3.88. The molecule has 0 spiro atoms. The summed E-state index contributed by atoms with van der Waals surface area (Å²) < 4.78 is 0. The third-order valence-electron chi connectivity index (χ3n) is 2.38. The van der Waals surface area contributed by atoms with Crippen LogP contribution < -0.4 is 0 Å². The van der Waals surface area contributed by atoms with E-state index in [2.05, 4.69) is 6.92 Å². The summed E-state index contributed by atoms with van der Waals surface area (Å²) in [6.07, 6.45) is 4.19. The Hall–Kier alpha value is -1.35. The van der Waals surface area contributed by atoms with E-state index in [-0.39, 0.29) is 6.10 Å². The van der Waals surface area contributed by atoms with E-state index in [4.69, 9.17) is 10.2 Å². The van der Waals surface area contributed by atoms with Crippen molar-refractivity contribution in [1.82, 2.24) is 0 Å². The molecule has 0 aliphatic carbocycles. The molecule has 0 bridgehead atoms. The fraction of sp³-hybridized carbons (Fsp3) is 0.500. The highest BCUT2D eigenvalue weighted by Gasteiger charge is 1.97. The summed E-state index contributed by atoms with van der Waals surface area (Å²) in [5.41, 5.74) is 0.331. The quantitative estimate of drug-likeness (QED) is 0.827. The molecular formula is C14H22O3. The number of unbranched alkanes of at least 4 members (excludes halogenated alkanes) is 1. The SMILES string of the molecule is CCCCC(O)CC.O=C(O)c1ccccc1. The number of carboxylic acids is 1. The molecule has 0 saturated carbocycles. The molecule has 2 N–H and O–H groups in total. The molecule has 17 heavy (non-hydrogen) atoms. The van der Waals surface area contributed by atoms with Gasteiger partial charge in [0.1, 0.15) is 0 Å². The van der Waals surface area contributed by atoms with Crippen LogP contribution in [0.2, 0.25) is 0 Å². The van der Waals surface area contributed by atoms with E-state index in [1.54, 1.807) is 30.3 Å². The van der Waals surface area contributed by atoms with Crippen LogP contribution in [0, 0.1) is 0 Å². The van der Waals surface area contributed by atoms with Gasteiger partial charge in [0.05, 0.1) is 11.7 Å². The molecule has 0 saturated heterocycles. The van der Waals surface area contributed by atoms with Crippen LogP contribution in [0.5, 0.6) is 0 Å². The van der Waals surface area contributed by atoms with Crippen molar-refractivity contribution in [3.63, 3.8) is 0 Å². The Kier molecular flexibility index (Phi) is 9.06. The van der Waals surface area contributed by atoms with E-state index in [0.717, 1.165) is 19.3 Å². The van der Waals surface area contributed by atoms with Crippen LogP contribution in [0.1, 0.15) is 49.9 Å². The normalized spacial score (nSPS) is 11.2. The average Bonchev–Trinajstić information content (AvgIpc) is 2.37. The van der Waals surface area contributed by atoms with Gasteiger partial charge < -0.3 is 10.2 Å². The first-order valence-electron chi connectivity index (χ1n) is 6.08. The minimum absolute atomic E-state index is 0.0463. The molecule has 1 atom stereocenters. The van der Waals surface area contributed by atoms with Gasteiger partial charge in [-0.1, -0.05) is 44.9 Å². The van der Waals surface area contributed by atoms with Crippen LogP contribution in [0.15, 0.2) is 30.3 Å². The largest absolute Gasteiger partial charge is 0.478 e. The van der Waals surface area contributed by atoms with Gasteiger partial charge in [0.2, 0.25) is 0 Å². The molecule has 0 amide bonds. The predicted octanol–water partition coefficient (Wildman–Crippen LogP) is 3.33. The second kappa shape index (κ2) is 9.85. The third-order valence-corrected chi connectivity index (χ3v) is 2.38. The van der Waals surface area contributed by atoms with Gasteiger partial charge >= 0.3 is 5.97 Å². The van der Waals surface area contributed by atoms with Crippen molar-refractivity contribution < 1.29 is 15.0 Å². The molecule has 0 radical (unpaired) electrons. The molecule has 3 heteroatoms. The average molecular weight is 238 g/mol. The van der Waals surface area contributed by atoms with Crippen LogP contribution in [-0.4, -0.2) is 22.3 Å². The smallest absolute Gasteiger partial charge is 0.335 e. The van der Waals surface area contributed by atoms with Crippen molar-refractivity contribution in [2.75, 3.05) is 0 Å². The molecule has 0 aliphatic rings. The van der Waals surface area contributed by atoms with Gasteiger partial charge in [-0.2, -0.15) is 0 Å². The lowest BCUT2D eigenvalue weighted by atomic mass is 10.1. The molecule has 3 nitrogen and oxygen atoms in total. The van der Waals surface area contributed by atoms with Gasteiger partial charge in [-0.25, -0.2) is 4.79 Å². The summed E-state index contributed by atoms with van der Waals surface area (Å²) in [4.78, 5) is 10.2. The number of hydrogen-bond donors (Lipinski definition) is 2. The Labute approximate surface area is 103 Å². The molecule has 0 aliphatic heterocycles. The minimum Gasteiger partial charge on any atom is -0.478 e. The number of rotatable bonds is 5. The van der Waals surface area contributed by atoms with Crippen molar-refractivity contribution >= 4 is 5.97 Å². The summed E-state index contributed by atoms with van der Waals surface area (Å²) >= 11 is 0. The summed E-state index contributed by atoms with van der Waals surface area (Å²) in [5.74, 6) is -0.879. The summed E-state index contributed by atoms with van der Waals surface area (Å²) in [6, 6.07) is 8.30. The molecule has 96 valence electrons. The third kappa shape index (κ3) is 8.46. The number of benzene rings is 1. The van der Waals surface area contributed by atoms with Crippen LogP contribution in [0.25, 0.3) is 0 Å². The highest BCUT2D eigenvalue weighted by atomic mass is 16.4. The Morgan fingerprint density at radius 1 is 1.24 bits per heavy atom. The lowest BCUT2D eigenvalue weighted by Gasteiger charge is -2.03. The number of aromatic carboxylic acids is 1. The van der Waals surface area contributed by atoms with Gasteiger partial charge in [-0.15, -0.1) is 0 Å². The molecule has 0 heterocycles. The first-order chi connectivity index (χ1) is 8.11. The zero-order valence-electron chi connectivity index (χ0n) is 10.6. The number of aliphatic hydroxyl groups is 1. The van der Waals surface area contributed by atoms with Crippen molar-refractivity contribution in [3.05, 3.63) is 35.9 Å². The van der Waals surface area contributed by atoms with Crippen molar-refractivity contribution in [2.45, 2.75) is 45.6 Å². The number of hydrogen-bond acceptors (Lipinski definition) is 2. The van der Waals surface area contributed by atoms with Crippen molar-refractivity contribution in [1.29, 1.82) is 0 Å². The van der Waals surface area contributed by atoms with E-state index >= 15 is 0 Å². The summed E-state index contributed by atoms with van der Waals surface area (Å²) in [6.45, 7) is 4.16. The fourth-order valence-corrected chi connectivity index (χ4v) is 1.22. The Balaban J connectivity index is 0.000000304. The number of carbonyl (C=O) groups is 1. The fourth-order valence-electron chi connectivity index (χ4n) is 1.22. The van der Waals surface area contributed by atoms with Crippen LogP contribution in [0.4, 0.5) is 0 Å². The number of carboxylic acid groups (broad SMARTS) is 1. The van der Waals surface area contributed by atoms with E-state index in [1.165, 1.54) is 6.42 Å². The Morgan fingerprint density at radius 2 is 1.82 bits per heavy atom. The first kappa shape index (κ1) is 15.7. The maximum Gasteiger partial charge on any atom is 0.335 e. The van der Waals surface area contributed by atoms with Crippen molar-refractivity contribution in [3.8, 4) is 0 Å². The predicted molar refractivity (Wildman–Crippen MR) is 69.2 cm³/mol. The van der Waals surface area contributed by atoms with Gasteiger partial charge in [0, 0.05) is 0 Å². The zero-order valence-corrected chi connectivity index (χ0v) is 10.6. The van der Waals surface area contributed by atoms with Gasteiger partial charge in [0.15, 0.2) is 0 Å². The number of aliphatic hydroxyl groups excluding tert-OH is 1. The van der Waals surface area contributed by atoms with Crippen LogP contribution >= 0.6 is 0 Å². The van der Waals surface area contributed by atoms with Crippen LogP contribution in [0.3, 0.4) is 0 Å². The maximum absolute atomic E-state index is 10.2. The maximum atomic E-state index is 10.2. The van der Waals surface area contributed by atoms with Crippen LogP contribution in [-0.2, 0) is 0 Å². The minimum atomic E-state index is -0.879. The zero-order chi connectivity index (χ0) is 13.1. The topological polar surface area (TPSA) is 57.5 Å². The van der Waals surface area contributed by atoms with E-state index in [0.29, 0.717) is 5.56 Å². The molecule has 0 aromatic heterocycles. The monoisotopic (exact) mass is 238 g/mol. The Morgan fingerprint density at radius 3 is 2.18 bits per heavy atom. The second-order valence-electron chi connectivity index (χ2n) is 3.88. The standard InChI is InChI=1S/C7H6O2.C7H16O/c8-7(9)6-4-2-1-3-5-6;1-3-5-6-7(8)4-2/h1-5H,(H,8,9);7-8H,3-6H2,1-2H3. The summed E-state index contributed by atoms with van der Waals surface area (Å²) in [5, 5.41) is 17.4. The molecular weight excluding hydrogens is 216 g/mol. The highest BCUT2D eigenvalue weighted by molar-refractivity contribution is 5.87. The highest BCUT2D eigenvalue weighted by Crippen LogP contribution is 2.02. The van der Waals surface area contributed by atoms with Gasteiger partial charge in [-0.05, 0) is 25.0 Å². The van der Waals surface area contributed by atoms with E-state index in [1.807, 2.05) is 6.92 Å². The molecule has 1 aromatic rings. The van der Waals surface area contributed by atoms with Crippen molar-refractivity contribution in [2.24, 2.45) is 0 Å². The molecule has 1 rings (SSSR count).